The van der Waals surface area contributed by atoms with E-state index >= 15 is 0 Å². The number of nitrogens with zero attached hydrogens (tertiary/aromatic N) is 4. The van der Waals surface area contributed by atoms with E-state index in [1.54, 1.807) is 14.2 Å². The summed E-state index contributed by atoms with van der Waals surface area (Å²) in [5, 5.41) is 3.44. The largest absolute Gasteiger partial charge is 0.497 e. The molecule has 1 aliphatic heterocycles. The minimum Gasteiger partial charge on any atom is -0.497 e. The van der Waals surface area contributed by atoms with Crippen LogP contribution in [0.15, 0.2) is 47.6 Å². The topological polar surface area (TPSA) is 62.2 Å². The van der Waals surface area contributed by atoms with Crippen LogP contribution in [0.5, 0.6) is 11.5 Å². The minimum atomic E-state index is 0.737. The van der Waals surface area contributed by atoms with Crippen LogP contribution < -0.4 is 14.8 Å². The molecule has 162 valence electrons. The maximum absolute atomic E-state index is 5.53. The van der Waals surface area contributed by atoms with Crippen molar-refractivity contribution in [3.8, 4) is 11.5 Å². The van der Waals surface area contributed by atoms with Crippen molar-refractivity contribution in [1.29, 1.82) is 0 Å². The lowest BCUT2D eigenvalue weighted by Gasteiger charge is -2.36. The van der Waals surface area contributed by atoms with Crippen molar-refractivity contribution in [2.75, 3.05) is 53.5 Å². The fourth-order valence-electron chi connectivity index (χ4n) is 3.61. The first kappa shape index (κ1) is 21.9. The summed E-state index contributed by atoms with van der Waals surface area (Å²) in [5.41, 5.74) is 2.23. The molecule has 7 heteroatoms. The first-order chi connectivity index (χ1) is 14.7. The van der Waals surface area contributed by atoms with Crippen LogP contribution in [0.4, 0.5) is 0 Å². The number of hydrogen-bond donors (Lipinski definition) is 1. The molecule has 30 heavy (non-hydrogen) atoms. The number of pyridine rings is 1. The van der Waals surface area contributed by atoms with Gasteiger partial charge in [0.05, 0.1) is 14.2 Å². The van der Waals surface area contributed by atoms with Gasteiger partial charge in [-0.15, -0.1) is 0 Å². The number of ether oxygens (including phenoxy) is 2. The lowest BCUT2D eigenvalue weighted by atomic mass is 10.1. The van der Waals surface area contributed by atoms with Gasteiger partial charge in [-0.3, -0.25) is 14.9 Å². The van der Waals surface area contributed by atoms with Gasteiger partial charge in [-0.2, -0.15) is 0 Å². The number of hydrogen-bond acceptors (Lipinski definition) is 5. The molecule has 0 bridgehead atoms. The Kier molecular flexibility index (Phi) is 8.32. The van der Waals surface area contributed by atoms with Crippen molar-refractivity contribution < 1.29 is 9.47 Å². The summed E-state index contributed by atoms with van der Waals surface area (Å²) < 4.78 is 10.9. The van der Waals surface area contributed by atoms with Gasteiger partial charge in [0.25, 0.3) is 0 Å². The number of piperazine rings is 1. The van der Waals surface area contributed by atoms with E-state index < -0.39 is 0 Å². The quantitative estimate of drug-likeness (QED) is 0.532. The lowest BCUT2D eigenvalue weighted by molar-refractivity contribution is 0.171. The van der Waals surface area contributed by atoms with Crippen LogP contribution in [0.1, 0.15) is 18.2 Å². The second kappa shape index (κ2) is 11.4. The first-order valence-corrected chi connectivity index (χ1v) is 10.6. The molecule has 0 radical (unpaired) electrons. The summed E-state index contributed by atoms with van der Waals surface area (Å²) in [7, 11) is 3.41. The number of benzene rings is 1. The molecular weight excluding hydrogens is 378 g/mol. The molecule has 2 heterocycles. The van der Waals surface area contributed by atoms with Gasteiger partial charge in [0, 0.05) is 69.7 Å². The summed E-state index contributed by atoms with van der Waals surface area (Å²) in [6, 6.07) is 12.0. The SMILES string of the molecule is CCNC(=NCCc1ccccn1)N1CCN(Cc2cc(OC)ccc2OC)CC1. The molecule has 0 saturated carbocycles. The second-order valence-corrected chi connectivity index (χ2v) is 7.25. The van der Waals surface area contributed by atoms with Crippen molar-refractivity contribution in [3.63, 3.8) is 0 Å². The molecule has 1 aromatic heterocycles. The average molecular weight is 412 g/mol. The van der Waals surface area contributed by atoms with Crippen LogP contribution in [0.3, 0.4) is 0 Å². The van der Waals surface area contributed by atoms with E-state index in [4.69, 9.17) is 14.5 Å². The Hall–Kier alpha value is -2.80. The van der Waals surface area contributed by atoms with Gasteiger partial charge in [0.1, 0.15) is 11.5 Å². The van der Waals surface area contributed by atoms with E-state index in [9.17, 15) is 0 Å². The van der Waals surface area contributed by atoms with Crippen molar-refractivity contribution >= 4 is 5.96 Å². The van der Waals surface area contributed by atoms with Crippen LogP contribution in [0.25, 0.3) is 0 Å². The summed E-state index contributed by atoms with van der Waals surface area (Å²) in [6.07, 6.45) is 2.69. The number of guanidine groups is 1. The Bertz CT molecular complexity index is 804. The monoisotopic (exact) mass is 411 g/mol. The molecule has 1 saturated heterocycles. The maximum atomic E-state index is 5.53. The van der Waals surface area contributed by atoms with E-state index in [1.165, 1.54) is 0 Å². The number of aromatic nitrogens is 1. The maximum Gasteiger partial charge on any atom is 0.194 e. The van der Waals surface area contributed by atoms with Crippen molar-refractivity contribution in [3.05, 3.63) is 53.9 Å². The predicted molar refractivity (Wildman–Crippen MR) is 120 cm³/mol. The Morgan fingerprint density at radius 3 is 2.60 bits per heavy atom. The fourth-order valence-corrected chi connectivity index (χ4v) is 3.61. The highest BCUT2D eigenvalue weighted by Crippen LogP contribution is 2.25. The molecule has 1 fully saturated rings. The summed E-state index contributed by atoms with van der Waals surface area (Å²) in [6.45, 7) is 8.41. The Morgan fingerprint density at radius 2 is 1.93 bits per heavy atom. The molecule has 0 atom stereocenters. The van der Waals surface area contributed by atoms with Crippen LogP contribution in [-0.4, -0.2) is 74.2 Å². The molecule has 2 aromatic rings. The average Bonchev–Trinajstić information content (AvgIpc) is 2.80. The minimum absolute atomic E-state index is 0.737. The fraction of sp³-hybridized carbons (Fsp3) is 0.478. The summed E-state index contributed by atoms with van der Waals surface area (Å²) >= 11 is 0. The van der Waals surface area contributed by atoms with E-state index in [1.807, 2.05) is 36.5 Å². The molecule has 1 aromatic carbocycles. The van der Waals surface area contributed by atoms with Gasteiger partial charge < -0.3 is 19.7 Å². The van der Waals surface area contributed by atoms with Crippen molar-refractivity contribution in [2.24, 2.45) is 4.99 Å². The van der Waals surface area contributed by atoms with Crippen molar-refractivity contribution in [2.45, 2.75) is 19.9 Å². The van der Waals surface area contributed by atoms with Crippen molar-refractivity contribution in [1.82, 2.24) is 20.1 Å². The molecule has 3 rings (SSSR count). The highest BCUT2D eigenvalue weighted by molar-refractivity contribution is 5.80. The number of methoxy groups -OCH3 is 2. The Morgan fingerprint density at radius 1 is 1.10 bits per heavy atom. The van der Waals surface area contributed by atoms with Crippen LogP contribution >= 0.6 is 0 Å². The zero-order valence-electron chi connectivity index (χ0n) is 18.3. The van der Waals surface area contributed by atoms with Gasteiger partial charge in [0.15, 0.2) is 5.96 Å². The second-order valence-electron chi connectivity index (χ2n) is 7.25. The summed E-state index contributed by atoms with van der Waals surface area (Å²) in [4.78, 5) is 14.0. The number of rotatable bonds is 8. The van der Waals surface area contributed by atoms with E-state index in [0.29, 0.717) is 0 Å². The number of aliphatic imine (C=N–C) groups is 1. The smallest absolute Gasteiger partial charge is 0.194 e. The molecule has 1 N–H and O–H groups in total. The Labute approximate surface area is 179 Å². The highest BCUT2D eigenvalue weighted by Gasteiger charge is 2.20. The third-order valence-electron chi connectivity index (χ3n) is 5.24. The first-order valence-electron chi connectivity index (χ1n) is 10.6. The van der Waals surface area contributed by atoms with E-state index in [2.05, 4.69) is 33.1 Å². The molecule has 0 spiro atoms. The van der Waals surface area contributed by atoms with Crippen LogP contribution in [0.2, 0.25) is 0 Å². The molecule has 0 amide bonds. The van der Waals surface area contributed by atoms with Gasteiger partial charge >= 0.3 is 0 Å². The highest BCUT2D eigenvalue weighted by atomic mass is 16.5. The lowest BCUT2D eigenvalue weighted by Crippen LogP contribution is -2.52. The molecule has 0 unspecified atom stereocenters. The molecule has 0 aliphatic carbocycles. The van der Waals surface area contributed by atoms with Gasteiger partial charge in [-0.1, -0.05) is 6.07 Å². The number of nitrogens with one attached hydrogen (secondary N) is 1. The standard InChI is InChI=1S/C23H33N5O2/c1-4-24-23(26-12-10-20-7-5-6-11-25-20)28-15-13-27(14-16-28)18-19-17-21(29-2)8-9-22(19)30-3/h5-9,11,17H,4,10,12-16,18H2,1-3H3,(H,24,26). The zero-order chi connectivity index (χ0) is 21.2. The van der Waals surface area contributed by atoms with Crippen LogP contribution in [0, 0.1) is 0 Å². The van der Waals surface area contributed by atoms with Gasteiger partial charge in [0.2, 0.25) is 0 Å². The van der Waals surface area contributed by atoms with E-state index in [0.717, 1.165) is 81.0 Å². The predicted octanol–water partition coefficient (Wildman–Crippen LogP) is 2.42. The van der Waals surface area contributed by atoms with E-state index in [-0.39, 0.29) is 0 Å². The summed E-state index contributed by atoms with van der Waals surface area (Å²) in [5.74, 6) is 2.76. The zero-order valence-corrected chi connectivity index (χ0v) is 18.3. The van der Waals surface area contributed by atoms with Gasteiger partial charge in [-0.05, 0) is 37.3 Å². The molecule has 7 nitrogen and oxygen atoms in total. The molecule has 1 aliphatic rings. The normalized spacial score (nSPS) is 15.2. The Balaban J connectivity index is 1.55. The third kappa shape index (κ3) is 6.10. The molecular formula is C23H33N5O2. The van der Waals surface area contributed by atoms with Crippen LogP contribution in [-0.2, 0) is 13.0 Å². The third-order valence-corrected chi connectivity index (χ3v) is 5.24. The van der Waals surface area contributed by atoms with Gasteiger partial charge in [-0.25, -0.2) is 0 Å².